The van der Waals surface area contributed by atoms with E-state index in [0.717, 1.165) is 10.6 Å². The maximum absolute atomic E-state index is 14.1. The minimum absolute atomic E-state index is 0.243. The molecule has 3 aromatic rings. The van der Waals surface area contributed by atoms with Crippen molar-refractivity contribution < 1.29 is 4.39 Å². The average Bonchev–Trinajstić information content (AvgIpc) is 3.18. The SMILES string of the molecule is Fc1ccccc1[C@@H]1C=C(c2cccs2)Nc2ncnn21. The van der Waals surface area contributed by atoms with Crippen LogP contribution in [0.15, 0.2) is 54.2 Å². The molecular weight excluding hydrogens is 287 g/mol. The van der Waals surface area contributed by atoms with Crippen molar-refractivity contribution in [3.05, 3.63) is 70.4 Å². The first-order valence-corrected chi connectivity index (χ1v) is 7.37. The Hall–Kier alpha value is -2.47. The van der Waals surface area contributed by atoms with Gasteiger partial charge in [-0.3, -0.25) is 0 Å². The maximum atomic E-state index is 14.1. The van der Waals surface area contributed by atoms with Crippen molar-refractivity contribution in [2.75, 3.05) is 5.32 Å². The molecule has 1 aliphatic heterocycles. The molecule has 4 rings (SSSR count). The van der Waals surface area contributed by atoms with Gasteiger partial charge in [0.05, 0.1) is 10.6 Å². The Labute approximate surface area is 124 Å². The number of hydrogen-bond acceptors (Lipinski definition) is 4. The van der Waals surface area contributed by atoms with Gasteiger partial charge in [0.25, 0.3) is 0 Å². The van der Waals surface area contributed by atoms with E-state index in [9.17, 15) is 4.39 Å². The van der Waals surface area contributed by atoms with Crippen LogP contribution in [0.1, 0.15) is 16.5 Å². The molecular formula is C15H11FN4S. The number of nitrogens with one attached hydrogen (secondary N) is 1. The largest absolute Gasteiger partial charge is 0.323 e. The maximum Gasteiger partial charge on any atom is 0.226 e. The molecule has 21 heavy (non-hydrogen) atoms. The molecule has 2 aromatic heterocycles. The molecule has 0 unspecified atom stereocenters. The van der Waals surface area contributed by atoms with Gasteiger partial charge in [-0.2, -0.15) is 10.1 Å². The quantitative estimate of drug-likeness (QED) is 0.787. The predicted octanol–water partition coefficient (Wildman–Crippen LogP) is 3.53. The van der Waals surface area contributed by atoms with E-state index in [4.69, 9.17) is 0 Å². The van der Waals surface area contributed by atoms with Crippen molar-refractivity contribution in [3.63, 3.8) is 0 Å². The summed E-state index contributed by atoms with van der Waals surface area (Å²) in [5, 5.41) is 9.45. The van der Waals surface area contributed by atoms with Crippen LogP contribution in [0.5, 0.6) is 0 Å². The number of thiophene rings is 1. The lowest BCUT2D eigenvalue weighted by molar-refractivity contribution is 0.551. The van der Waals surface area contributed by atoms with E-state index in [-0.39, 0.29) is 11.9 Å². The zero-order valence-corrected chi connectivity index (χ0v) is 11.7. The number of fused-ring (bicyclic) bond motifs is 1. The number of benzene rings is 1. The van der Waals surface area contributed by atoms with Gasteiger partial charge in [-0.25, -0.2) is 9.07 Å². The molecule has 0 bridgehead atoms. The Bertz CT molecular complexity index is 807. The van der Waals surface area contributed by atoms with Gasteiger partial charge in [0.1, 0.15) is 18.2 Å². The van der Waals surface area contributed by atoms with Crippen molar-refractivity contribution in [2.45, 2.75) is 6.04 Å². The standard InChI is InChI=1S/C15H11FN4S/c16-11-5-2-1-4-10(11)13-8-12(14-6-3-7-21-14)19-15-17-9-18-20(13)15/h1-9,13H,(H,17,18,19)/t13-/m0/s1. The van der Waals surface area contributed by atoms with Gasteiger partial charge in [0.2, 0.25) is 5.95 Å². The van der Waals surface area contributed by atoms with Crippen LogP contribution in [-0.2, 0) is 0 Å². The summed E-state index contributed by atoms with van der Waals surface area (Å²) in [5.41, 5.74) is 1.51. The lowest BCUT2D eigenvalue weighted by Gasteiger charge is -2.24. The third-order valence-corrected chi connectivity index (χ3v) is 4.32. The average molecular weight is 298 g/mol. The van der Waals surface area contributed by atoms with E-state index < -0.39 is 0 Å². The summed E-state index contributed by atoms with van der Waals surface area (Å²) in [5.74, 6) is 0.377. The van der Waals surface area contributed by atoms with Crippen LogP contribution >= 0.6 is 11.3 Å². The van der Waals surface area contributed by atoms with E-state index in [2.05, 4.69) is 15.4 Å². The number of hydrogen-bond donors (Lipinski definition) is 1. The molecule has 1 aromatic carbocycles. The molecule has 104 valence electrons. The highest BCUT2D eigenvalue weighted by Gasteiger charge is 2.25. The van der Waals surface area contributed by atoms with Crippen LogP contribution < -0.4 is 5.32 Å². The van der Waals surface area contributed by atoms with Gasteiger partial charge in [0.15, 0.2) is 0 Å². The van der Waals surface area contributed by atoms with E-state index in [1.165, 1.54) is 12.4 Å². The second-order valence-electron chi connectivity index (χ2n) is 4.68. The van der Waals surface area contributed by atoms with Crippen LogP contribution in [0.3, 0.4) is 0 Å². The molecule has 0 aliphatic carbocycles. The van der Waals surface area contributed by atoms with Crippen molar-refractivity contribution in [2.24, 2.45) is 0 Å². The minimum Gasteiger partial charge on any atom is -0.323 e. The lowest BCUT2D eigenvalue weighted by atomic mass is 10.0. The summed E-state index contributed by atoms with van der Waals surface area (Å²) in [6.45, 7) is 0. The number of halogens is 1. The minimum atomic E-state index is -0.304. The third-order valence-electron chi connectivity index (χ3n) is 3.42. The lowest BCUT2D eigenvalue weighted by Crippen LogP contribution is -2.20. The van der Waals surface area contributed by atoms with Crippen molar-refractivity contribution in [3.8, 4) is 0 Å². The molecule has 1 aliphatic rings. The van der Waals surface area contributed by atoms with E-state index in [0.29, 0.717) is 11.5 Å². The Balaban J connectivity index is 1.87. The Morgan fingerprint density at radius 2 is 2.10 bits per heavy atom. The third kappa shape index (κ3) is 2.04. The fraction of sp³-hybridized carbons (Fsp3) is 0.0667. The number of allylic oxidation sites excluding steroid dienone is 1. The van der Waals surface area contributed by atoms with Crippen molar-refractivity contribution >= 4 is 23.0 Å². The van der Waals surface area contributed by atoms with Gasteiger partial charge in [-0.05, 0) is 23.6 Å². The van der Waals surface area contributed by atoms with Crippen molar-refractivity contribution in [1.29, 1.82) is 0 Å². The number of anilines is 1. The van der Waals surface area contributed by atoms with Crippen LogP contribution in [-0.4, -0.2) is 14.8 Å². The molecule has 4 nitrogen and oxygen atoms in total. The van der Waals surface area contributed by atoms with E-state index in [1.54, 1.807) is 28.2 Å². The molecule has 1 N–H and O–H groups in total. The summed E-state index contributed by atoms with van der Waals surface area (Å²) >= 11 is 1.63. The Kier molecular flexibility index (Phi) is 2.82. The van der Waals surface area contributed by atoms with E-state index >= 15 is 0 Å². The second-order valence-corrected chi connectivity index (χ2v) is 5.62. The zero-order valence-electron chi connectivity index (χ0n) is 10.9. The van der Waals surface area contributed by atoms with Crippen LogP contribution in [0.4, 0.5) is 10.3 Å². The predicted molar refractivity (Wildman–Crippen MR) is 80.5 cm³/mol. The molecule has 0 spiro atoms. The smallest absolute Gasteiger partial charge is 0.226 e. The molecule has 0 saturated heterocycles. The monoisotopic (exact) mass is 298 g/mol. The summed E-state index contributed by atoms with van der Waals surface area (Å²) in [6.07, 6.45) is 3.45. The van der Waals surface area contributed by atoms with Crippen molar-refractivity contribution in [1.82, 2.24) is 14.8 Å². The fourth-order valence-corrected chi connectivity index (χ4v) is 3.15. The Morgan fingerprint density at radius 3 is 2.90 bits per heavy atom. The van der Waals surface area contributed by atoms with Gasteiger partial charge in [-0.1, -0.05) is 24.3 Å². The van der Waals surface area contributed by atoms with Gasteiger partial charge < -0.3 is 5.32 Å². The zero-order chi connectivity index (χ0) is 14.2. The highest BCUT2D eigenvalue weighted by Crippen LogP contribution is 2.34. The topological polar surface area (TPSA) is 42.7 Å². The summed E-state index contributed by atoms with van der Waals surface area (Å²) in [7, 11) is 0. The summed E-state index contributed by atoms with van der Waals surface area (Å²) < 4.78 is 15.8. The van der Waals surface area contributed by atoms with Gasteiger partial charge in [0, 0.05) is 5.56 Å². The first-order chi connectivity index (χ1) is 10.3. The number of aromatic nitrogens is 3. The van der Waals surface area contributed by atoms with Crippen LogP contribution in [0.2, 0.25) is 0 Å². The molecule has 1 atom stereocenters. The molecule has 0 radical (unpaired) electrons. The first-order valence-electron chi connectivity index (χ1n) is 6.49. The summed E-state index contributed by atoms with van der Waals surface area (Å²) in [6, 6.07) is 10.5. The second kappa shape index (κ2) is 4.82. The first kappa shape index (κ1) is 12.3. The number of rotatable bonds is 2. The number of nitrogens with zero attached hydrogens (tertiary/aromatic N) is 3. The van der Waals surface area contributed by atoms with Gasteiger partial charge in [-0.15, -0.1) is 11.3 Å². The Morgan fingerprint density at radius 1 is 1.19 bits per heavy atom. The van der Waals surface area contributed by atoms with Gasteiger partial charge >= 0.3 is 0 Å². The molecule has 0 amide bonds. The van der Waals surface area contributed by atoms with Crippen LogP contribution in [0, 0.1) is 5.82 Å². The van der Waals surface area contributed by atoms with E-state index in [1.807, 2.05) is 29.7 Å². The molecule has 3 heterocycles. The highest BCUT2D eigenvalue weighted by atomic mass is 32.1. The molecule has 0 fully saturated rings. The summed E-state index contributed by atoms with van der Waals surface area (Å²) in [4.78, 5) is 5.29. The highest BCUT2D eigenvalue weighted by molar-refractivity contribution is 7.11. The molecule has 0 saturated carbocycles. The fourth-order valence-electron chi connectivity index (χ4n) is 2.45. The van der Waals surface area contributed by atoms with Crippen LogP contribution in [0.25, 0.3) is 5.70 Å². The normalized spacial score (nSPS) is 17.0. The molecule has 6 heteroatoms.